The monoisotopic (exact) mass is 234 g/mol. The summed E-state index contributed by atoms with van der Waals surface area (Å²) in [7, 11) is 0. The van der Waals surface area contributed by atoms with Crippen LogP contribution < -0.4 is 5.69 Å². The molecule has 1 unspecified atom stereocenters. The Morgan fingerprint density at radius 2 is 1.94 bits per heavy atom. The molecule has 0 amide bonds. The third-order valence-electron chi connectivity index (χ3n) is 3.00. The quantitative estimate of drug-likeness (QED) is 0.867. The Labute approximate surface area is 97.9 Å². The van der Waals surface area contributed by atoms with E-state index in [4.69, 9.17) is 5.11 Å². The number of hydrogen-bond acceptors (Lipinski definition) is 2. The van der Waals surface area contributed by atoms with E-state index in [2.05, 4.69) is 0 Å². The number of hydrogen-bond donors (Lipinski definition) is 1. The van der Waals surface area contributed by atoms with Crippen molar-refractivity contribution >= 4 is 17.1 Å². The summed E-state index contributed by atoms with van der Waals surface area (Å²) in [4.78, 5) is 23.2. The van der Waals surface area contributed by atoms with E-state index in [9.17, 15) is 9.59 Å². The van der Waals surface area contributed by atoms with E-state index < -0.39 is 11.8 Å². The lowest BCUT2D eigenvalue weighted by atomic mass is 10.2. The van der Waals surface area contributed by atoms with Gasteiger partial charge in [0.15, 0.2) is 0 Å². The lowest BCUT2D eigenvalue weighted by molar-refractivity contribution is 0.196. The summed E-state index contributed by atoms with van der Waals surface area (Å²) in [5.41, 5.74) is 0.604. The minimum Gasteiger partial charge on any atom is -0.464 e. The molecule has 1 atom stereocenters. The van der Waals surface area contributed by atoms with Crippen LogP contribution in [-0.4, -0.2) is 20.3 Å². The van der Waals surface area contributed by atoms with Gasteiger partial charge in [0.05, 0.1) is 11.0 Å². The maximum absolute atomic E-state index is 12.1. The molecule has 0 saturated carbocycles. The molecule has 0 fully saturated rings. The van der Waals surface area contributed by atoms with Crippen molar-refractivity contribution in [3.05, 3.63) is 34.7 Å². The Balaban J connectivity index is 2.89. The molecular weight excluding hydrogens is 220 g/mol. The lowest BCUT2D eigenvalue weighted by Gasteiger charge is -2.09. The molecule has 0 radical (unpaired) electrons. The molecule has 1 aromatic carbocycles. The molecule has 1 heterocycles. The van der Waals surface area contributed by atoms with Crippen molar-refractivity contribution in [3.8, 4) is 0 Å². The average molecular weight is 234 g/mol. The first-order chi connectivity index (χ1) is 8.07. The molecule has 2 aromatic rings. The van der Waals surface area contributed by atoms with Crippen molar-refractivity contribution in [2.24, 2.45) is 0 Å². The second-order valence-electron chi connectivity index (χ2n) is 4.02. The Morgan fingerprint density at radius 1 is 1.35 bits per heavy atom. The number of carboxylic acid groups (broad SMARTS) is 1. The third kappa shape index (κ3) is 1.63. The molecular formula is C12H14N2O3. The molecule has 0 aliphatic rings. The second kappa shape index (κ2) is 4.08. The molecule has 0 aliphatic heterocycles. The topological polar surface area (TPSA) is 64.2 Å². The standard InChI is InChI=1S/C12H14N2O3/c1-3-8(2)13-9-6-4-5-7-10(9)14(11(13)15)12(16)17/h4-8H,3H2,1-2H3,(H,16,17). The molecule has 5 heteroatoms. The van der Waals surface area contributed by atoms with Crippen LogP contribution in [0.25, 0.3) is 11.0 Å². The number of benzene rings is 1. The van der Waals surface area contributed by atoms with E-state index in [0.717, 1.165) is 11.0 Å². The molecule has 0 saturated heterocycles. The van der Waals surface area contributed by atoms with Crippen LogP contribution in [0.15, 0.2) is 29.1 Å². The largest absolute Gasteiger partial charge is 0.464 e. The van der Waals surface area contributed by atoms with Crippen LogP contribution in [0.1, 0.15) is 26.3 Å². The number of carbonyl (C=O) groups is 1. The van der Waals surface area contributed by atoms with Gasteiger partial charge in [-0.3, -0.25) is 4.57 Å². The molecule has 5 nitrogen and oxygen atoms in total. The number of aromatic nitrogens is 2. The maximum atomic E-state index is 12.1. The Morgan fingerprint density at radius 3 is 2.47 bits per heavy atom. The summed E-state index contributed by atoms with van der Waals surface area (Å²) < 4.78 is 2.32. The number of rotatable bonds is 2. The third-order valence-corrected chi connectivity index (χ3v) is 3.00. The van der Waals surface area contributed by atoms with Gasteiger partial charge in [-0.1, -0.05) is 19.1 Å². The summed E-state index contributed by atoms with van der Waals surface area (Å²) in [6, 6.07) is 6.91. The molecule has 1 N–H and O–H groups in total. The number of fused-ring (bicyclic) bond motifs is 1. The van der Waals surface area contributed by atoms with Crippen LogP contribution >= 0.6 is 0 Å². The van der Waals surface area contributed by atoms with Crippen LogP contribution in [0.4, 0.5) is 4.79 Å². The Bertz CT molecular complexity index is 624. The van der Waals surface area contributed by atoms with Gasteiger partial charge in [0, 0.05) is 6.04 Å². The van der Waals surface area contributed by atoms with Gasteiger partial charge in [0.2, 0.25) is 0 Å². The first kappa shape index (κ1) is 11.4. The van der Waals surface area contributed by atoms with Crippen molar-refractivity contribution in [3.63, 3.8) is 0 Å². The smallest absolute Gasteiger partial charge is 0.420 e. The van der Waals surface area contributed by atoms with Gasteiger partial charge in [-0.15, -0.1) is 0 Å². The Hall–Kier alpha value is -2.04. The summed E-state index contributed by atoms with van der Waals surface area (Å²) >= 11 is 0. The summed E-state index contributed by atoms with van der Waals surface area (Å²) in [6.07, 6.45) is -0.471. The zero-order valence-corrected chi connectivity index (χ0v) is 9.75. The predicted molar refractivity (Wildman–Crippen MR) is 64.6 cm³/mol. The van der Waals surface area contributed by atoms with Gasteiger partial charge in [-0.05, 0) is 25.5 Å². The highest BCUT2D eigenvalue weighted by molar-refractivity contribution is 5.86. The van der Waals surface area contributed by atoms with Crippen LogP contribution in [0.5, 0.6) is 0 Å². The van der Waals surface area contributed by atoms with E-state index in [1.807, 2.05) is 13.8 Å². The average Bonchev–Trinajstić information content (AvgIpc) is 2.60. The lowest BCUT2D eigenvalue weighted by Crippen LogP contribution is -2.29. The fourth-order valence-electron chi connectivity index (χ4n) is 1.96. The fourth-order valence-corrected chi connectivity index (χ4v) is 1.96. The van der Waals surface area contributed by atoms with Crippen molar-refractivity contribution in [1.29, 1.82) is 0 Å². The minimum absolute atomic E-state index is 0.0204. The van der Waals surface area contributed by atoms with E-state index in [1.54, 1.807) is 24.3 Å². The zero-order chi connectivity index (χ0) is 12.6. The molecule has 0 bridgehead atoms. The second-order valence-corrected chi connectivity index (χ2v) is 4.02. The van der Waals surface area contributed by atoms with E-state index >= 15 is 0 Å². The first-order valence-corrected chi connectivity index (χ1v) is 5.53. The maximum Gasteiger partial charge on any atom is 0.420 e. The van der Waals surface area contributed by atoms with Gasteiger partial charge in [-0.25, -0.2) is 9.59 Å². The van der Waals surface area contributed by atoms with Crippen molar-refractivity contribution < 1.29 is 9.90 Å². The fraction of sp³-hybridized carbons (Fsp3) is 0.333. The van der Waals surface area contributed by atoms with E-state index in [-0.39, 0.29) is 6.04 Å². The van der Waals surface area contributed by atoms with Crippen molar-refractivity contribution in [2.75, 3.05) is 0 Å². The number of nitrogens with zero attached hydrogens (tertiary/aromatic N) is 2. The number of para-hydroxylation sites is 2. The highest BCUT2D eigenvalue weighted by atomic mass is 16.4. The molecule has 0 spiro atoms. The van der Waals surface area contributed by atoms with Crippen molar-refractivity contribution in [1.82, 2.24) is 9.13 Å². The molecule has 17 heavy (non-hydrogen) atoms. The molecule has 0 aliphatic carbocycles. The predicted octanol–water partition coefficient (Wildman–Crippen LogP) is 2.30. The van der Waals surface area contributed by atoms with Crippen LogP contribution in [0, 0.1) is 0 Å². The molecule has 90 valence electrons. The highest BCUT2D eigenvalue weighted by Crippen LogP contribution is 2.18. The summed E-state index contributed by atoms with van der Waals surface area (Å²) in [5.74, 6) is 0. The van der Waals surface area contributed by atoms with Gasteiger partial charge >= 0.3 is 11.8 Å². The van der Waals surface area contributed by atoms with Gasteiger partial charge in [-0.2, -0.15) is 4.57 Å². The SMILES string of the molecule is CCC(C)n1c(=O)n(C(=O)O)c2ccccc21. The van der Waals surface area contributed by atoms with E-state index in [1.165, 1.54) is 4.57 Å². The van der Waals surface area contributed by atoms with Crippen molar-refractivity contribution in [2.45, 2.75) is 26.3 Å². The zero-order valence-electron chi connectivity index (χ0n) is 9.75. The van der Waals surface area contributed by atoms with Crippen LogP contribution in [-0.2, 0) is 0 Å². The normalized spacial score (nSPS) is 12.8. The number of imidazole rings is 1. The Kier molecular flexibility index (Phi) is 2.75. The first-order valence-electron chi connectivity index (χ1n) is 5.53. The molecule has 2 rings (SSSR count). The summed E-state index contributed by atoms with van der Waals surface area (Å²) in [6.45, 7) is 3.87. The van der Waals surface area contributed by atoms with Gasteiger partial charge in [0.1, 0.15) is 0 Å². The summed E-state index contributed by atoms with van der Waals surface area (Å²) in [5, 5.41) is 9.08. The van der Waals surface area contributed by atoms with Gasteiger partial charge in [0.25, 0.3) is 0 Å². The van der Waals surface area contributed by atoms with Crippen LogP contribution in [0.2, 0.25) is 0 Å². The molecule has 1 aromatic heterocycles. The van der Waals surface area contributed by atoms with Crippen LogP contribution in [0.3, 0.4) is 0 Å². The van der Waals surface area contributed by atoms with E-state index in [0.29, 0.717) is 11.0 Å². The van der Waals surface area contributed by atoms with Gasteiger partial charge < -0.3 is 5.11 Å². The highest BCUT2D eigenvalue weighted by Gasteiger charge is 2.19. The minimum atomic E-state index is -1.24.